The molecule has 1 unspecified atom stereocenters. The molecule has 2 aliphatic heterocycles. The van der Waals surface area contributed by atoms with E-state index in [0.29, 0.717) is 12.8 Å². The van der Waals surface area contributed by atoms with Crippen LogP contribution in [0.15, 0.2) is 38.9 Å². The van der Waals surface area contributed by atoms with Crippen LogP contribution in [0.25, 0.3) is 0 Å². The molecule has 0 radical (unpaired) electrons. The number of benzene rings is 1. The van der Waals surface area contributed by atoms with Crippen molar-refractivity contribution in [2.75, 3.05) is 5.32 Å². The molecule has 5 aliphatic rings. The number of carbonyl (C=O) groups excluding carboxylic acids is 2. The van der Waals surface area contributed by atoms with E-state index in [1.807, 2.05) is 0 Å². The average molecular weight is 607 g/mol. The minimum absolute atomic E-state index is 0.123. The highest BCUT2D eigenvalue weighted by molar-refractivity contribution is 7.91. The first kappa shape index (κ1) is 26.2. The predicted molar refractivity (Wildman–Crippen MR) is 145 cm³/mol. The molecule has 3 saturated carbocycles. The summed E-state index contributed by atoms with van der Waals surface area (Å²) in [5.41, 5.74) is 0.973. The molecule has 2 bridgehead atoms. The van der Waals surface area contributed by atoms with E-state index in [9.17, 15) is 30.8 Å². The number of halogens is 1. The van der Waals surface area contributed by atoms with Crippen LogP contribution in [-0.2, 0) is 42.7 Å². The normalized spacial score (nSPS) is 30.6. The van der Waals surface area contributed by atoms with Crippen molar-refractivity contribution in [3.8, 4) is 0 Å². The van der Waals surface area contributed by atoms with Crippen LogP contribution in [0.4, 0.5) is 9.39 Å². The molecule has 1 aromatic carbocycles. The zero-order valence-corrected chi connectivity index (χ0v) is 23.7. The third kappa shape index (κ3) is 4.22. The first-order valence-corrected chi connectivity index (χ1v) is 17.2. The number of piperidine rings is 1. The summed E-state index contributed by atoms with van der Waals surface area (Å²) in [6, 6.07) is 5.58. The first-order chi connectivity index (χ1) is 19.0. The Labute approximate surface area is 235 Å². The molecule has 212 valence electrons. The van der Waals surface area contributed by atoms with Gasteiger partial charge in [0, 0.05) is 30.6 Å². The molecule has 1 saturated heterocycles. The summed E-state index contributed by atoms with van der Waals surface area (Å²) in [7, 11) is -7.85. The van der Waals surface area contributed by atoms with Gasteiger partial charge >= 0.3 is 0 Å². The number of hydrogen-bond acceptors (Lipinski definition) is 8. The van der Waals surface area contributed by atoms with Crippen LogP contribution in [0.1, 0.15) is 43.2 Å². The van der Waals surface area contributed by atoms with E-state index >= 15 is 0 Å². The van der Waals surface area contributed by atoms with Crippen LogP contribution >= 0.6 is 11.3 Å². The monoisotopic (exact) mass is 606 g/mol. The number of hydrogen-bond donors (Lipinski definition) is 2. The number of ketones is 1. The van der Waals surface area contributed by atoms with Gasteiger partial charge in [0.05, 0.1) is 5.25 Å². The van der Waals surface area contributed by atoms with Gasteiger partial charge in [-0.2, -0.15) is 8.42 Å². The van der Waals surface area contributed by atoms with Gasteiger partial charge in [0.2, 0.25) is 15.9 Å². The van der Waals surface area contributed by atoms with Crippen molar-refractivity contribution in [3.63, 3.8) is 0 Å². The maximum Gasteiger partial charge on any atom is 0.287 e. The molecule has 3 heterocycles. The van der Waals surface area contributed by atoms with Crippen molar-refractivity contribution < 1.29 is 30.8 Å². The zero-order valence-electron chi connectivity index (χ0n) is 21.2. The van der Waals surface area contributed by atoms with Gasteiger partial charge in [-0.3, -0.25) is 9.59 Å². The Morgan fingerprint density at radius 2 is 1.82 bits per heavy atom. The smallest absolute Gasteiger partial charge is 0.287 e. The van der Waals surface area contributed by atoms with E-state index in [4.69, 9.17) is 0 Å². The highest BCUT2D eigenvalue weighted by Gasteiger charge is 2.60. The Bertz CT molecular complexity index is 1670. The topological polar surface area (TPSA) is 142 Å². The summed E-state index contributed by atoms with van der Waals surface area (Å²) in [6.45, 7) is -0.0150. The molecule has 2 N–H and O–H groups in total. The molecule has 7 rings (SSSR count). The summed E-state index contributed by atoms with van der Waals surface area (Å²) < 4.78 is 71.2. The van der Waals surface area contributed by atoms with Crippen molar-refractivity contribution in [2.24, 2.45) is 28.1 Å². The molecule has 2 aromatic rings. The highest BCUT2D eigenvalue weighted by Crippen LogP contribution is 2.54. The van der Waals surface area contributed by atoms with Gasteiger partial charge in [-0.15, -0.1) is 15.7 Å². The minimum Gasteiger partial charge on any atom is -0.333 e. The van der Waals surface area contributed by atoms with Gasteiger partial charge in [0.1, 0.15) is 21.5 Å². The van der Waals surface area contributed by atoms with E-state index in [-0.39, 0.29) is 58.0 Å². The second-order valence-corrected chi connectivity index (χ2v) is 15.8. The van der Waals surface area contributed by atoms with Crippen LogP contribution < -0.4 is 10.0 Å². The van der Waals surface area contributed by atoms with Gasteiger partial charge < -0.3 is 10.2 Å². The number of likely N-dealkylation sites (tertiary alicyclic amines) is 1. The van der Waals surface area contributed by atoms with Crippen molar-refractivity contribution in [1.29, 1.82) is 0 Å². The van der Waals surface area contributed by atoms with Crippen molar-refractivity contribution >= 4 is 53.9 Å². The molecule has 40 heavy (non-hydrogen) atoms. The average Bonchev–Trinajstić information content (AvgIpc) is 3.38. The zero-order chi connectivity index (χ0) is 28.0. The van der Waals surface area contributed by atoms with E-state index in [1.165, 1.54) is 12.1 Å². The van der Waals surface area contributed by atoms with Crippen molar-refractivity contribution in [3.05, 3.63) is 46.6 Å². The van der Waals surface area contributed by atoms with Crippen LogP contribution in [0.2, 0.25) is 0 Å². The third-order valence-electron chi connectivity index (χ3n) is 8.88. The summed E-state index contributed by atoms with van der Waals surface area (Å²) in [5.74, 6) is -2.93. The van der Waals surface area contributed by atoms with Gasteiger partial charge in [-0.25, -0.2) is 17.5 Å². The largest absolute Gasteiger partial charge is 0.333 e. The first-order valence-electron chi connectivity index (χ1n) is 13.3. The maximum atomic E-state index is 14.0. The minimum atomic E-state index is -4.32. The van der Waals surface area contributed by atoms with E-state index in [1.54, 1.807) is 22.4 Å². The van der Waals surface area contributed by atoms with Crippen molar-refractivity contribution in [2.45, 2.75) is 61.4 Å². The number of carbonyl (C=O) groups is 2. The number of amides is 1. The third-order valence-corrected chi connectivity index (χ3v) is 13.3. The Morgan fingerprint density at radius 3 is 2.55 bits per heavy atom. The number of Topliss-reactive ketones (excluding diaryl/α,β-unsaturated/α-hetero) is 1. The number of fused-ring (bicyclic) bond motifs is 6. The lowest BCUT2D eigenvalue weighted by atomic mass is 9.73. The molecule has 1 amide bonds. The number of rotatable bonds is 7. The molecular formula is C26H27FN4O6S3. The van der Waals surface area contributed by atoms with Gasteiger partial charge in [0.15, 0.2) is 11.7 Å². The van der Waals surface area contributed by atoms with Crippen LogP contribution in [0, 0.1) is 29.5 Å². The summed E-state index contributed by atoms with van der Waals surface area (Å²) >= 11 is 1.06. The number of sulfonamides is 2. The molecular weight excluding hydrogens is 580 g/mol. The lowest BCUT2D eigenvalue weighted by Crippen LogP contribution is -2.61. The summed E-state index contributed by atoms with van der Waals surface area (Å²) in [4.78, 5) is 29.4. The summed E-state index contributed by atoms with van der Waals surface area (Å²) in [6.07, 6.45) is 3.81. The highest BCUT2D eigenvalue weighted by atomic mass is 32.2. The molecule has 0 spiro atoms. The standard InChI is InChI=1S/C26H27FN4O6S3/c27-17-5-1-13(2-6-17)11-31-21-15-4-3-14(9-15)19(21)22(32)20(26(31)33)24-29-25-23(40(36,37)30-24)16(12-38-25)10-28-39(34,35)18-7-8-18/h1-2,5-6,12,14-15,18-21,28H,3-4,7-11H2,(H,29,30)/t14-,15+,19+,20?,21-/m0/s1. The Kier molecular flexibility index (Phi) is 6.01. The lowest BCUT2D eigenvalue weighted by Gasteiger charge is -2.45. The molecule has 3 aliphatic carbocycles. The number of amidine groups is 1. The quantitative estimate of drug-likeness (QED) is 0.462. The summed E-state index contributed by atoms with van der Waals surface area (Å²) in [5, 5.41) is 4.24. The number of anilines is 1. The maximum absolute atomic E-state index is 14.0. The van der Waals surface area contributed by atoms with Crippen LogP contribution in [0.5, 0.6) is 0 Å². The molecule has 14 heteroatoms. The van der Waals surface area contributed by atoms with Crippen LogP contribution in [-0.4, -0.2) is 50.6 Å². The molecule has 1 aromatic heterocycles. The molecule has 4 fully saturated rings. The second-order valence-electron chi connectivity index (χ2n) is 11.3. The fourth-order valence-corrected chi connectivity index (χ4v) is 10.9. The Morgan fingerprint density at radius 1 is 1.10 bits per heavy atom. The van der Waals surface area contributed by atoms with Crippen LogP contribution in [0.3, 0.4) is 0 Å². The van der Waals surface area contributed by atoms with Crippen molar-refractivity contribution in [1.82, 2.24) is 9.62 Å². The van der Waals surface area contributed by atoms with Gasteiger partial charge in [0.25, 0.3) is 10.0 Å². The predicted octanol–water partition coefficient (Wildman–Crippen LogP) is 2.62. The molecule has 10 nitrogen and oxygen atoms in total. The fraction of sp³-hybridized carbons (Fsp3) is 0.500. The fourth-order valence-electron chi connectivity index (χ4n) is 6.95. The molecule has 5 atom stereocenters. The SMILES string of the molecule is O=C1C(C2=NS(=O)(=O)c3c(CNS(=O)(=O)C4CC4)csc3N2)C(=O)N(Cc2ccc(F)cc2)[C@H]2[C@@H]3CC[C@@H](C3)[C@@H]12. The van der Waals surface area contributed by atoms with Gasteiger partial charge in [-0.05, 0) is 67.0 Å². The van der Waals surface area contributed by atoms with Gasteiger partial charge in [-0.1, -0.05) is 12.1 Å². The lowest BCUT2D eigenvalue weighted by molar-refractivity contribution is -0.153. The number of nitrogens with zero attached hydrogens (tertiary/aromatic N) is 2. The number of nitrogens with one attached hydrogen (secondary N) is 2. The van der Waals surface area contributed by atoms with E-state index in [2.05, 4.69) is 14.4 Å². The van der Waals surface area contributed by atoms with E-state index < -0.39 is 48.9 Å². The second kappa shape index (κ2) is 9.16. The number of thiophene rings is 1. The Hall–Kier alpha value is -2.68. The Balaban J connectivity index is 1.21. The van der Waals surface area contributed by atoms with E-state index in [0.717, 1.165) is 36.2 Å².